The third-order valence-electron chi connectivity index (χ3n) is 5.53. The van der Waals surface area contributed by atoms with Gasteiger partial charge in [-0.15, -0.1) is 0 Å². The number of amides is 1. The summed E-state index contributed by atoms with van der Waals surface area (Å²) in [6.07, 6.45) is 2.92. The van der Waals surface area contributed by atoms with Gasteiger partial charge in [0.1, 0.15) is 5.82 Å². The topological polar surface area (TPSA) is 63.2 Å². The van der Waals surface area contributed by atoms with Crippen LogP contribution >= 0.6 is 0 Å². The molecular weight excluding hydrogens is 405 g/mol. The summed E-state index contributed by atoms with van der Waals surface area (Å²) in [6, 6.07) is 12.3. The molecule has 0 atom stereocenters. The lowest BCUT2D eigenvalue weighted by molar-refractivity contribution is -0.130. The molecule has 1 aromatic carbocycles. The molecular formula is C26H28FN3O2. The molecule has 6 heteroatoms. The van der Waals surface area contributed by atoms with Gasteiger partial charge >= 0.3 is 0 Å². The summed E-state index contributed by atoms with van der Waals surface area (Å²) in [6.45, 7) is 5.89. The van der Waals surface area contributed by atoms with E-state index in [1.807, 2.05) is 26.0 Å². The molecule has 0 N–H and O–H groups in total. The summed E-state index contributed by atoms with van der Waals surface area (Å²) >= 11 is 0. The third-order valence-corrected chi connectivity index (χ3v) is 5.53. The lowest BCUT2D eigenvalue weighted by Crippen LogP contribution is -2.25. The molecule has 0 radical (unpaired) electrons. The number of Topliss-reactive ketones (excluding diaryl/α,β-unsaturated/α-hetero) is 1. The Hall–Kier alpha value is -3.41. The van der Waals surface area contributed by atoms with Gasteiger partial charge in [0.05, 0.1) is 5.69 Å². The van der Waals surface area contributed by atoms with Crippen LogP contribution in [0.4, 0.5) is 4.39 Å². The second-order valence-corrected chi connectivity index (χ2v) is 7.96. The first-order valence-corrected chi connectivity index (χ1v) is 10.7. The number of aryl methyl sites for hydroxylation is 3. The molecule has 0 aliphatic rings. The Kier molecular flexibility index (Phi) is 7.46. The lowest BCUT2D eigenvalue weighted by Gasteiger charge is -2.17. The van der Waals surface area contributed by atoms with Crippen LogP contribution < -0.4 is 0 Å². The van der Waals surface area contributed by atoms with E-state index in [9.17, 15) is 14.0 Å². The van der Waals surface area contributed by atoms with E-state index in [0.717, 1.165) is 17.0 Å². The van der Waals surface area contributed by atoms with Gasteiger partial charge in [0.2, 0.25) is 5.91 Å². The minimum atomic E-state index is -0.387. The van der Waals surface area contributed by atoms with Crippen LogP contribution in [0.3, 0.4) is 0 Å². The van der Waals surface area contributed by atoms with Gasteiger partial charge in [0, 0.05) is 60.7 Å². The Morgan fingerprint density at radius 1 is 1.03 bits per heavy atom. The number of rotatable bonds is 8. The van der Waals surface area contributed by atoms with Crippen LogP contribution in [0.2, 0.25) is 0 Å². The van der Waals surface area contributed by atoms with Crippen molar-refractivity contribution in [3.8, 4) is 11.3 Å². The maximum Gasteiger partial charge on any atom is 0.222 e. The van der Waals surface area contributed by atoms with Crippen molar-refractivity contribution < 1.29 is 14.0 Å². The first-order chi connectivity index (χ1) is 15.3. The standard InChI is InChI=1S/C26H28FN3O2/c1-5-26(32)30(4)16-22-9-8-20(14-23(22)27)24-12-10-21(15-28-24)25(31)13-11-19-7-6-17(2)29-18(19)3/h6-10,12,14-15H,5,11,13,16H2,1-4H3. The van der Waals surface area contributed by atoms with Crippen molar-refractivity contribution in [2.24, 2.45) is 0 Å². The van der Waals surface area contributed by atoms with Crippen molar-refractivity contribution in [2.75, 3.05) is 7.05 Å². The van der Waals surface area contributed by atoms with E-state index < -0.39 is 0 Å². The first-order valence-electron chi connectivity index (χ1n) is 10.7. The molecule has 0 spiro atoms. The summed E-state index contributed by atoms with van der Waals surface area (Å²) in [7, 11) is 1.66. The third kappa shape index (κ3) is 5.63. The average Bonchev–Trinajstić information content (AvgIpc) is 2.79. The Bertz CT molecular complexity index is 1130. The predicted octanol–water partition coefficient (Wildman–Crippen LogP) is 5.08. The smallest absolute Gasteiger partial charge is 0.222 e. The molecule has 3 aromatic rings. The molecule has 1 amide bonds. The number of aromatic nitrogens is 2. The van der Waals surface area contributed by atoms with E-state index in [4.69, 9.17) is 0 Å². The molecule has 0 aliphatic carbocycles. The minimum absolute atomic E-state index is 0.00850. The van der Waals surface area contributed by atoms with E-state index >= 15 is 0 Å². The zero-order valence-corrected chi connectivity index (χ0v) is 19.0. The molecule has 3 rings (SSSR count). The van der Waals surface area contributed by atoms with Crippen molar-refractivity contribution in [1.82, 2.24) is 14.9 Å². The van der Waals surface area contributed by atoms with E-state index in [-0.39, 0.29) is 24.1 Å². The molecule has 2 aromatic heterocycles. The average molecular weight is 434 g/mol. The van der Waals surface area contributed by atoms with E-state index in [1.54, 1.807) is 38.2 Å². The van der Waals surface area contributed by atoms with Gasteiger partial charge in [-0.3, -0.25) is 19.6 Å². The van der Waals surface area contributed by atoms with Crippen LogP contribution in [-0.2, 0) is 17.8 Å². The number of pyridine rings is 2. The number of hydrogen-bond acceptors (Lipinski definition) is 4. The number of nitrogens with zero attached hydrogens (tertiary/aromatic N) is 3. The van der Waals surface area contributed by atoms with Crippen LogP contribution in [0.15, 0.2) is 48.7 Å². The van der Waals surface area contributed by atoms with Crippen molar-refractivity contribution in [3.63, 3.8) is 0 Å². The zero-order chi connectivity index (χ0) is 23.3. The van der Waals surface area contributed by atoms with Gasteiger partial charge < -0.3 is 4.90 Å². The maximum absolute atomic E-state index is 14.6. The Morgan fingerprint density at radius 3 is 2.41 bits per heavy atom. The highest BCUT2D eigenvalue weighted by atomic mass is 19.1. The largest absolute Gasteiger partial charge is 0.341 e. The van der Waals surface area contributed by atoms with Crippen LogP contribution in [0.1, 0.15) is 52.6 Å². The quantitative estimate of drug-likeness (QED) is 0.465. The van der Waals surface area contributed by atoms with Gasteiger partial charge in [0.15, 0.2) is 5.78 Å². The molecule has 0 saturated heterocycles. The molecule has 166 valence electrons. The van der Waals surface area contributed by atoms with Crippen molar-refractivity contribution in [2.45, 2.75) is 46.6 Å². The summed E-state index contributed by atoms with van der Waals surface area (Å²) in [5, 5.41) is 0. The van der Waals surface area contributed by atoms with Gasteiger partial charge in [-0.05, 0) is 50.1 Å². The summed E-state index contributed by atoms with van der Waals surface area (Å²) in [5.74, 6) is -0.416. The van der Waals surface area contributed by atoms with Crippen LogP contribution in [0.5, 0.6) is 0 Å². The molecule has 0 bridgehead atoms. The first kappa shape index (κ1) is 23.3. The van der Waals surface area contributed by atoms with Crippen molar-refractivity contribution >= 4 is 11.7 Å². The minimum Gasteiger partial charge on any atom is -0.341 e. The fourth-order valence-corrected chi connectivity index (χ4v) is 3.55. The molecule has 0 aliphatic heterocycles. The molecule has 0 unspecified atom stereocenters. The highest BCUT2D eigenvalue weighted by molar-refractivity contribution is 5.96. The van der Waals surface area contributed by atoms with E-state index in [2.05, 4.69) is 9.97 Å². The second-order valence-electron chi connectivity index (χ2n) is 7.96. The summed E-state index contributed by atoms with van der Waals surface area (Å²) < 4.78 is 14.6. The number of carbonyl (C=O) groups is 2. The zero-order valence-electron chi connectivity index (χ0n) is 19.0. The van der Waals surface area contributed by atoms with E-state index in [1.165, 1.54) is 17.2 Å². The lowest BCUT2D eigenvalue weighted by atomic mass is 10.0. The predicted molar refractivity (Wildman–Crippen MR) is 123 cm³/mol. The molecule has 0 fully saturated rings. The van der Waals surface area contributed by atoms with Gasteiger partial charge in [-0.1, -0.05) is 25.1 Å². The number of carbonyl (C=O) groups excluding carboxylic acids is 2. The Labute approximate surface area is 188 Å². The van der Waals surface area contributed by atoms with Gasteiger partial charge in [0.25, 0.3) is 0 Å². The number of hydrogen-bond donors (Lipinski definition) is 0. The fraction of sp³-hybridized carbons (Fsp3) is 0.308. The normalized spacial score (nSPS) is 10.8. The summed E-state index contributed by atoms with van der Waals surface area (Å²) in [4.78, 5) is 34.6. The molecule has 5 nitrogen and oxygen atoms in total. The fourth-order valence-electron chi connectivity index (χ4n) is 3.55. The summed E-state index contributed by atoms with van der Waals surface area (Å²) in [5.41, 5.74) is 5.16. The van der Waals surface area contributed by atoms with E-state index in [0.29, 0.717) is 41.6 Å². The molecule has 0 saturated carbocycles. The highest BCUT2D eigenvalue weighted by Gasteiger charge is 2.13. The van der Waals surface area contributed by atoms with Crippen LogP contribution in [-0.4, -0.2) is 33.6 Å². The monoisotopic (exact) mass is 433 g/mol. The Morgan fingerprint density at radius 2 is 1.78 bits per heavy atom. The van der Waals surface area contributed by atoms with Crippen molar-refractivity contribution in [1.29, 1.82) is 0 Å². The second kappa shape index (κ2) is 10.3. The molecule has 32 heavy (non-hydrogen) atoms. The van der Waals surface area contributed by atoms with Crippen molar-refractivity contribution in [3.05, 3.63) is 82.6 Å². The van der Waals surface area contributed by atoms with Gasteiger partial charge in [-0.2, -0.15) is 0 Å². The Balaban J connectivity index is 1.66. The van der Waals surface area contributed by atoms with Crippen LogP contribution in [0.25, 0.3) is 11.3 Å². The number of benzene rings is 1. The number of halogens is 1. The van der Waals surface area contributed by atoms with Gasteiger partial charge in [-0.25, -0.2) is 4.39 Å². The highest BCUT2D eigenvalue weighted by Crippen LogP contribution is 2.22. The number of ketones is 1. The molecule has 2 heterocycles. The maximum atomic E-state index is 14.6. The van der Waals surface area contributed by atoms with Crippen LogP contribution in [0, 0.1) is 19.7 Å². The SMILES string of the molecule is CCC(=O)N(C)Cc1ccc(-c2ccc(C(=O)CCc3ccc(C)nc3C)cn2)cc1F.